The van der Waals surface area contributed by atoms with E-state index >= 15 is 0 Å². The van der Waals surface area contributed by atoms with Gasteiger partial charge in [-0.15, -0.1) is 0 Å². The molecule has 0 unspecified atom stereocenters. The Morgan fingerprint density at radius 2 is 1.72 bits per heavy atom. The van der Waals surface area contributed by atoms with Crippen LogP contribution in [0.2, 0.25) is 0 Å². The van der Waals surface area contributed by atoms with Crippen molar-refractivity contribution in [3.8, 4) is 0 Å². The molecule has 0 aromatic rings. The van der Waals surface area contributed by atoms with Crippen LogP contribution in [0.5, 0.6) is 0 Å². The number of nitrogens with one attached hydrogen (secondary N) is 1. The quantitative estimate of drug-likeness (QED) is 0.845. The molecule has 142 valence electrons. The van der Waals surface area contributed by atoms with Gasteiger partial charge >= 0.3 is 0 Å². The lowest BCUT2D eigenvalue weighted by atomic mass is 9.82. The minimum absolute atomic E-state index is 0.106. The van der Waals surface area contributed by atoms with Crippen molar-refractivity contribution in [2.75, 3.05) is 33.4 Å². The summed E-state index contributed by atoms with van der Waals surface area (Å²) in [5, 5.41) is 3.44. The molecular formula is C20H35N3O2. The summed E-state index contributed by atoms with van der Waals surface area (Å²) in [5.41, 5.74) is 0.106. The van der Waals surface area contributed by atoms with Gasteiger partial charge in [-0.1, -0.05) is 19.3 Å². The van der Waals surface area contributed by atoms with Crippen LogP contribution in [0.3, 0.4) is 0 Å². The molecular weight excluding hydrogens is 314 g/mol. The predicted octanol–water partition coefficient (Wildman–Crippen LogP) is 2.15. The summed E-state index contributed by atoms with van der Waals surface area (Å²) in [5.74, 6) is 0.293. The maximum atomic E-state index is 12.9. The van der Waals surface area contributed by atoms with Crippen LogP contribution in [0.15, 0.2) is 0 Å². The number of amides is 1. The normalized spacial score (nSPS) is 36.3. The number of carbonyl (C=O) groups excluding carboxylic acids is 1. The van der Waals surface area contributed by atoms with Gasteiger partial charge in [0.2, 0.25) is 5.91 Å². The van der Waals surface area contributed by atoms with Crippen molar-refractivity contribution in [2.45, 2.75) is 87.9 Å². The molecule has 1 aliphatic carbocycles. The van der Waals surface area contributed by atoms with Crippen LogP contribution < -0.4 is 5.32 Å². The van der Waals surface area contributed by atoms with Gasteiger partial charge in [0.15, 0.2) is 0 Å². The highest BCUT2D eigenvalue weighted by atomic mass is 16.5. The molecule has 3 heterocycles. The van der Waals surface area contributed by atoms with Gasteiger partial charge in [0, 0.05) is 43.2 Å². The van der Waals surface area contributed by atoms with E-state index in [1.165, 1.54) is 44.9 Å². The molecule has 0 aromatic carbocycles. The second-order valence-electron chi connectivity index (χ2n) is 8.85. The van der Waals surface area contributed by atoms with Crippen LogP contribution in [0.4, 0.5) is 0 Å². The minimum Gasteiger partial charge on any atom is -0.379 e. The van der Waals surface area contributed by atoms with Crippen molar-refractivity contribution >= 4 is 5.91 Å². The Labute approximate surface area is 152 Å². The maximum absolute atomic E-state index is 12.9. The Bertz CT molecular complexity index is 458. The van der Waals surface area contributed by atoms with E-state index in [4.69, 9.17) is 4.74 Å². The summed E-state index contributed by atoms with van der Waals surface area (Å²) in [6.07, 6.45) is 11.8. The molecule has 25 heavy (non-hydrogen) atoms. The Morgan fingerprint density at radius 3 is 2.36 bits per heavy atom. The van der Waals surface area contributed by atoms with Crippen LogP contribution in [0.1, 0.15) is 64.2 Å². The Morgan fingerprint density at radius 1 is 1.08 bits per heavy atom. The molecule has 1 N–H and O–H groups in total. The molecule has 0 radical (unpaired) electrons. The summed E-state index contributed by atoms with van der Waals surface area (Å²) in [7, 11) is 2.28. The molecule has 1 saturated carbocycles. The predicted molar refractivity (Wildman–Crippen MR) is 98.6 cm³/mol. The number of hydrogen-bond donors (Lipinski definition) is 1. The highest BCUT2D eigenvalue weighted by molar-refractivity contribution is 5.77. The average molecular weight is 350 g/mol. The number of fused-ring (bicyclic) bond motifs is 2. The lowest BCUT2D eigenvalue weighted by Gasteiger charge is -2.47. The van der Waals surface area contributed by atoms with Gasteiger partial charge in [0.25, 0.3) is 0 Å². The molecule has 1 amide bonds. The Kier molecular flexibility index (Phi) is 5.35. The molecule has 5 heteroatoms. The van der Waals surface area contributed by atoms with Gasteiger partial charge < -0.3 is 15.0 Å². The van der Waals surface area contributed by atoms with Crippen molar-refractivity contribution in [1.29, 1.82) is 0 Å². The first-order valence-corrected chi connectivity index (χ1v) is 10.5. The topological polar surface area (TPSA) is 44.8 Å². The van der Waals surface area contributed by atoms with E-state index in [0.29, 0.717) is 30.5 Å². The monoisotopic (exact) mass is 349 g/mol. The summed E-state index contributed by atoms with van der Waals surface area (Å²) in [4.78, 5) is 18.1. The van der Waals surface area contributed by atoms with E-state index in [-0.39, 0.29) is 5.54 Å². The number of nitrogens with zero attached hydrogens (tertiary/aromatic N) is 2. The zero-order valence-corrected chi connectivity index (χ0v) is 15.8. The number of hydrogen-bond acceptors (Lipinski definition) is 4. The second-order valence-corrected chi connectivity index (χ2v) is 8.85. The van der Waals surface area contributed by atoms with E-state index in [1.807, 2.05) is 0 Å². The van der Waals surface area contributed by atoms with Gasteiger partial charge in [0.05, 0.1) is 13.2 Å². The molecule has 5 nitrogen and oxygen atoms in total. The molecule has 3 aliphatic heterocycles. The van der Waals surface area contributed by atoms with Gasteiger partial charge in [-0.3, -0.25) is 9.69 Å². The molecule has 4 aliphatic rings. The number of morpholine rings is 1. The molecule has 4 rings (SSSR count). The molecule has 2 bridgehead atoms. The number of ether oxygens (including phenoxy) is 1. The van der Waals surface area contributed by atoms with Crippen molar-refractivity contribution in [3.05, 3.63) is 0 Å². The fourth-order valence-electron chi connectivity index (χ4n) is 5.99. The van der Waals surface area contributed by atoms with E-state index in [1.54, 1.807) is 0 Å². The van der Waals surface area contributed by atoms with Gasteiger partial charge in [-0.2, -0.15) is 0 Å². The number of rotatable bonds is 4. The van der Waals surface area contributed by atoms with Crippen LogP contribution in [-0.2, 0) is 9.53 Å². The molecule has 3 saturated heterocycles. The smallest absolute Gasteiger partial charge is 0.222 e. The van der Waals surface area contributed by atoms with Gasteiger partial charge in [0.1, 0.15) is 0 Å². The first kappa shape index (κ1) is 17.7. The zero-order valence-electron chi connectivity index (χ0n) is 15.8. The molecule has 0 aromatic heterocycles. The standard InChI is InChI=1S/C20H35N3O2/c1-22-17-5-4-6-18(22)14-16(13-17)21-19(24)15-20(7-2-3-8-20)23-9-11-25-12-10-23/h16-18H,2-15H2,1H3,(H,21,24)/t17-,18-/m0/s1. The van der Waals surface area contributed by atoms with Crippen LogP contribution in [0, 0.1) is 0 Å². The second kappa shape index (κ2) is 7.53. The average Bonchev–Trinajstić information content (AvgIpc) is 3.06. The summed E-state index contributed by atoms with van der Waals surface area (Å²) < 4.78 is 5.54. The SMILES string of the molecule is CN1[C@H]2CCC[C@H]1CC(NC(=O)CC1(N3CCOCC3)CCCC1)C2. The largest absolute Gasteiger partial charge is 0.379 e. The van der Waals surface area contributed by atoms with Crippen molar-refractivity contribution in [3.63, 3.8) is 0 Å². The third-order valence-corrected chi connectivity index (χ3v) is 7.41. The maximum Gasteiger partial charge on any atom is 0.222 e. The zero-order chi connectivity index (χ0) is 17.3. The molecule has 4 fully saturated rings. The fraction of sp³-hybridized carbons (Fsp3) is 0.950. The summed E-state index contributed by atoms with van der Waals surface area (Å²) >= 11 is 0. The highest BCUT2D eigenvalue weighted by Gasteiger charge is 2.43. The fourth-order valence-corrected chi connectivity index (χ4v) is 5.99. The van der Waals surface area contributed by atoms with Crippen LogP contribution >= 0.6 is 0 Å². The van der Waals surface area contributed by atoms with Gasteiger partial charge in [-0.05, 0) is 45.6 Å². The van der Waals surface area contributed by atoms with Gasteiger partial charge in [-0.25, -0.2) is 0 Å². The van der Waals surface area contributed by atoms with E-state index < -0.39 is 0 Å². The van der Waals surface area contributed by atoms with Crippen molar-refractivity contribution in [1.82, 2.24) is 15.1 Å². The highest BCUT2D eigenvalue weighted by Crippen LogP contribution is 2.39. The Balaban J connectivity index is 1.36. The number of piperidine rings is 2. The third kappa shape index (κ3) is 3.74. The number of carbonyl (C=O) groups is 1. The lowest BCUT2D eigenvalue weighted by molar-refractivity contribution is -0.127. The van der Waals surface area contributed by atoms with Crippen LogP contribution in [-0.4, -0.2) is 72.7 Å². The Hall–Kier alpha value is -0.650. The van der Waals surface area contributed by atoms with E-state index in [2.05, 4.69) is 22.2 Å². The van der Waals surface area contributed by atoms with E-state index in [0.717, 1.165) is 39.1 Å². The lowest BCUT2D eigenvalue weighted by Crippen LogP contribution is -2.57. The van der Waals surface area contributed by atoms with Crippen molar-refractivity contribution in [2.24, 2.45) is 0 Å². The first-order chi connectivity index (χ1) is 12.2. The first-order valence-electron chi connectivity index (χ1n) is 10.5. The molecule has 0 spiro atoms. The minimum atomic E-state index is 0.106. The summed E-state index contributed by atoms with van der Waals surface area (Å²) in [6.45, 7) is 3.63. The third-order valence-electron chi connectivity index (χ3n) is 7.41. The molecule has 2 atom stereocenters. The summed E-state index contributed by atoms with van der Waals surface area (Å²) in [6, 6.07) is 1.75. The van der Waals surface area contributed by atoms with Crippen LogP contribution in [0.25, 0.3) is 0 Å². The van der Waals surface area contributed by atoms with E-state index in [9.17, 15) is 4.79 Å². The van der Waals surface area contributed by atoms with Crippen molar-refractivity contribution < 1.29 is 9.53 Å².